The van der Waals surface area contributed by atoms with Crippen molar-refractivity contribution in [1.29, 1.82) is 0 Å². The summed E-state index contributed by atoms with van der Waals surface area (Å²) < 4.78 is 16.3. The molecule has 0 radical (unpaired) electrons. The lowest BCUT2D eigenvalue weighted by molar-refractivity contribution is -0.340. The number of aliphatic hydroxyl groups is 7. The third-order valence-electron chi connectivity index (χ3n) is 5.44. The molecule has 32 heavy (non-hydrogen) atoms. The normalized spacial score (nSPS) is 40.1. The molecule has 1 aromatic carbocycles. The first-order valence-corrected chi connectivity index (χ1v) is 9.86. The standard InChI is InChI=1S/C19H27NO12/c21-5-9-11(23)12(24)15(27)19(31-9)32-16-10(6-22)30-17(14(26)13(16)25)20-8-3-1-7(2-4-8)18(28)29/h1-4,9-17,19-27H,5-6H2,(H,28,29)/t9-,10-,11+,12+,13-,14+,15+,16+,17+,19+/m0/s1. The Morgan fingerprint density at radius 1 is 0.844 bits per heavy atom. The van der Waals surface area contributed by atoms with Gasteiger partial charge in [0.25, 0.3) is 0 Å². The first-order chi connectivity index (χ1) is 15.2. The Bertz CT molecular complexity index is 759. The van der Waals surface area contributed by atoms with E-state index in [0.29, 0.717) is 5.69 Å². The third kappa shape index (κ3) is 5.02. The zero-order chi connectivity index (χ0) is 23.6. The maximum Gasteiger partial charge on any atom is 0.335 e. The zero-order valence-corrected chi connectivity index (χ0v) is 16.7. The Labute approximate surface area is 182 Å². The van der Waals surface area contributed by atoms with Gasteiger partial charge in [-0.3, -0.25) is 0 Å². The molecule has 180 valence electrons. The van der Waals surface area contributed by atoms with E-state index in [1.165, 1.54) is 24.3 Å². The lowest BCUT2D eigenvalue weighted by Crippen LogP contribution is -2.65. The number of nitrogens with one attached hydrogen (secondary N) is 1. The largest absolute Gasteiger partial charge is 0.478 e. The third-order valence-corrected chi connectivity index (χ3v) is 5.44. The van der Waals surface area contributed by atoms with Crippen molar-refractivity contribution in [3.05, 3.63) is 29.8 Å². The highest BCUT2D eigenvalue weighted by atomic mass is 16.7. The Morgan fingerprint density at radius 2 is 1.47 bits per heavy atom. The topological polar surface area (TPSA) is 219 Å². The molecule has 0 saturated carbocycles. The number of carbonyl (C=O) groups is 1. The number of benzene rings is 1. The summed E-state index contributed by atoms with van der Waals surface area (Å²) in [5.74, 6) is -1.12. The molecule has 13 heteroatoms. The summed E-state index contributed by atoms with van der Waals surface area (Å²) in [7, 11) is 0. The van der Waals surface area contributed by atoms with Gasteiger partial charge in [-0.25, -0.2) is 4.79 Å². The molecule has 2 saturated heterocycles. The van der Waals surface area contributed by atoms with Gasteiger partial charge in [0.1, 0.15) is 48.8 Å². The number of ether oxygens (including phenoxy) is 3. The van der Waals surface area contributed by atoms with Crippen LogP contribution in [-0.4, -0.2) is 121 Å². The van der Waals surface area contributed by atoms with Crippen molar-refractivity contribution < 1.29 is 59.9 Å². The molecule has 2 aliphatic rings. The fourth-order valence-corrected chi connectivity index (χ4v) is 3.58. The van der Waals surface area contributed by atoms with Crippen LogP contribution in [0.1, 0.15) is 10.4 Å². The Morgan fingerprint density at radius 3 is 2.03 bits per heavy atom. The molecule has 9 N–H and O–H groups in total. The van der Waals surface area contributed by atoms with Crippen LogP contribution >= 0.6 is 0 Å². The summed E-state index contributed by atoms with van der Waals surface area (Å²) in [5.41, 5.74) is 0.415. The average molecular weight is 461 g/mol. The first-order valence-electron chi connectivity index (χ1n) is 9.86. The second kappa shape index (κ2) is 10.4. The van der Waals surface area contributed by atoms with E-state index in [4.69, 9.17) is 19.3 Å². The quantitative estimate of drug-likeness (QED) is 0.192. The molecule has 10 atom stereocenters. The number of aliphatic hydroxyl groups excluding tert-OH is 7. The Hall–Kier alpha value is -1.91. The summed E-state index contributed by atoms with van der Waals surface area (Å²) in [5, 5.41) is 81.6. The Kier molecular flexibility index (Phi) is 8.00. The minimum atomic E-state index is -1.75. The molecule has 0 spiro atoms. The van der Waals surface area contributed by atoms with Crippen LogP contribution in [0.5, 0.6) is 0 Å². The van der Waals surface area contributed by atoms with Crippen molar-refractivity contribution >= 4 is 11.7 Å². The lowest BCUT2D eigenvalue weighted by atomic mass is 9.96. The van der Waals surface area contributed by atoms with Gasteiger partial charge in [-0.05, 0) is 24.3 Å². The summed E-state index contributed by atoms with van der Waals surface area (Å²) in [6.45, 7) is -1.35. The van der Waals surface area contributed by atoms with Crippen LogP contribution in [0.2, 0.25) is 0 Å². The summed E-state index contributed by atoms with van der Waals surface area (Å²) in [4.78, 5) is 10.9. The SMILES string of the molecule is O=C(O)c1ccc(N[C@@H]2O[C@@H](CO)[C@@H](O[C@H]3O[C@@H](CO)[C@@H](O)[C@@H](O)[C@H]3O)[C@@H](O)[C@H]2O)cc1. The molecular weight excluding hydrogens is 434 g/mol. The molecule has 2 fully saturated rings. The minimum absolute atomic E-state index is 0.0434. The number of hydrogen-bond donors (Lipinski definition) is 9. The fourth-order valence-electron chi connectivity index (χ4n) is 3.58. The van der Waals surface area contributed by atoms with Crippen LogP contribution < -0.4 is 5.32 Å². The van der Waals surface area contributed by atoms with E-state index in [2.05, 4.69) is 5.32 Å². The maximum absolute atomic E-state index is 10.9. The number of anilines is 1. The molecule has 3 rings (SSSR count). The molecule has 13 nitrogen and oxygen atoms in total. The fraction of sp³-hybridized carbons (Fsp3) is 0.632. The van der Waals surface area contributed by atoms with Crippen LogP contribution in [0.3, 0.4) is 0 Å². The van der Waals surface area contributed by atoms with Crippen LogP contribution in [-0.2, 0) is 14.2 Å². The summed E-state index contributed by atoms with van der Waals surface area (Å²) >= 11 is 0. The zero-order valence-electron chi connectivity index (χ0n) is 16.7. The smallest absolute Gasteiger partial charge is 0.335 e. The molecule has 0 aliphatic carbocycles. The summed E-state index contributed by atoms with van der Waals surface area (Å²) in [6, 6.07) is 5.50. The van der Waals surface area contributed by atoms with Crippen molar-refractivity contribution in [2.24, 2.45) is 0 Å². The second-order valence-electron chi connectivity index (χ2n) is 7.58. The van der Waals surface area contributed by atoms with Gasteiger partial charge in [-0.15, -0.1) is 0 Å². The maximum atomic E-state index is 10.9. The van der Waals surface area contributed by atoms with Crippen molar-refractivity contribution in [3.8, 4) is 0 Å². The van der Waals surface area contributed by atoms with Crippen LogP contribution in [0, 0.1) is 0 Å². The molecule has 0 aromatic heterocycles. The van der Waals surface area contributed by atoms with Gasteiger partial charge in [0.15, 0.2) is 12.5 Å². The number of rotatable bonds is 7. The van der Waals surface area contributed by atoms with E-state index < -0.39 is 80.5 Å². The predicted octanol–water partition coefficient (Wildman–Crippen LogP) is -3.58. The highest BCUT2D eigenvalue weighted by Gasteiger charge is 2.50. The first kappa shape index (κ1) is 24.7. The monoisotopic (exact) mass is 461 g/mol. The van der Waals surface area contributed by atoms with E-state index in [-0.39, 0.29) is 5.56 Å². The molecule has 0 unspecified atom stereocenters. The molecule has 2 aliphatic heterocycles. The summed E-state index contributed by atoms with van der Waals surface area (Å²) in [6.07, 6.45) is -15.0. The Balaban J connectivity index is 1.70. The van der Waals surface area contributed by atoms with Gasteiger partial charge in [0.2, 0.25) is 0 Å². The van der Waals surface area contributed by atoms with E-state index in [1.807, 2.05) is 0 Å². The van der Waals surface area contributed by atoms with Gasteiger partial charge in [0, 0.05) is 5.69 Å². The van der Waals surface area contributed by atoms with Gasteiger partial charge >= 0.3 is 5.97 Å². The lowest BCUT2D eigenvalue weighted by Gasteiger charge is -2.46. The van der Waals surface area contributed by atoms with E-state index in [9.17, 15) is 40.5 Å². The van der Waals surface area contributed by atoms with Gasteiger partial charge < -0.3 is 60.4 Å². The highest BCUT2D eigenvalue weighted by molar-refractivity contribution is 5.88. The van der Waals surface area contributed by atoms with E-state index in [0.717, 1.165) is 0 Å². The van der Waals surface area contributed by atoms with Crippen molar-refractivity contribution in [3.63, 3.8) is 0 Å². The van der Waals surface area contributed by atoms with Crippen molar-refractivity contribution in [1.82, 2.24) is 0 Å². The van der Waals surface area contributed by atoms with E-state index in [1.54, 1.807) is 0 Å². The highest BCUT2D eigenvalue weighted by Crippen LogP contribution is 2.29. The second-order valence-corrected chi connectivity index (χ2v) is 7.58. The number of hydrogen-bond acceptors (Lipinski definition) is 12. The van der Waals surface area contributed by atoms with Gasteiger partial charge in [-0.1, -0.05) is 0 Å². The van der Waals surface area contributed by atoms with Gasteiger partial charge in [0.05, 0.1) is 18.8 Å². The van der Waals surface area contributed by atoms with E-state index >= 15 is 0 Å². The number of carboxylic acids is 1. The van der Waals surface area contributed by atoms with Crippen molar-refractivity contribution in [2.75, 3.05) is 18.5 Å². The molecule has 2 heterocycles. The minimum Gasteiger partial charge on any atom is -0.478 e. The van der Waals surface area contributed by atoms with Crippen LogP contribution in [0.25, 0.3) is 0 Å². The molecular formula is C19H27NO12. The average Bonchev–Trinajstić information content (AvgIpc) is 2.79. The van der Waals surface area contributed by atoms with Crippen LogP contribution in [0.15, 0.2) is 24.3 Å². The number of aromatic carboxylic acids is 1. The molecule has 1 aromatic rings. The van der Waals surface area contributed by atoms with Gasteiger partial charge in [-0.2, -0.15) is 0 Å². The molecule has 0 bridgehead atoms. The van der Waals surface area contributed by atoms with Crippen LogP contribution in [0.4, 0.5) is 5.69 Å². The van der Waals surface area contributed by atoms with Crippen molar-refractivity contribution in [2.45, 2.75) is 61.3 Å². The molecule has 0 amide bonds. The number of carboxylic acid groups (broad SMARTS) is 1. The predicted molar refractivity (Wildman–Crippen MR) is 103 cm³/mol.